The minimum atomic E-state index is -0.773. The van der Waals surface area contributed by atoms with Crippen molar-refractivity contribution in [2.24, 2.45) is 16.1 Å². The van der Waals surface area contributed by atoms with Gasteiger partial charge < -0.3 is 26.4 Å². The number of carbonyl (C=O) groups is 2. The van der Waals surface area contributed by atoms with Crippen LogP contribution in [0.3, 0.4) is 0 Å². The Hall–Kier alpha value is -2.04. The van der Waals surface area contributed by atoms with Crippen LogP contribution in [0, 0.1) is 5.41 Å². The van der Waals surface area contributed by atoms with Gasteiger partial charge in [-0.05, 0) is 72.7 Å². The van der Waals surface area contributed by atoms with Crippen LogP contribution in [0.2, 0.25) is 0 Å². The zero-order chi connectivity index (χ0) is 22.2. The number of nitrogens with zero attached hydrogens (tertiary/aromatic N) is 1. The van der Waals surface area contributed by atoms with Gasteiger partial charge in [-0.3, -0.25) is 9.59 Å². The van der Waals surface area contributed by atoms with Crippen LogP contribution in [0.4, 0.5) is 5.69 Å². The molecule has 0 aliphatic carbocycles. The quantitative estimate of drug-likeness (QED) is 0.233. The van der Waals surface area contributed by atoms with Gasteiger partial charge in [-0.15, -0.1) is 24.0 Å². The Morgan fingerprint density at radius 3 is 2.13 bits per heavy atom. The van der Waals surface area contributed by atoms with Gasteiger partial charge in [-0.1, -0.05) is 0 Å². The molecule has 0 aliphatic rings. The number of ether oxygens (including phenoxy) is 1. The summed E-state index contributed by atoms with van der Waals surface area (Å²) < 4.78 is 5.64. The first kappa shape index (κ1) is 28.0. The molecule has 1 aromatic rings. The first-order valence-corrected chi connectivity index (χ1v) is 9.71. The summed E-state index contributed by atoms with van der Waals surface area (Å²) in [6.45, 7) is 13.3. The fraction of sp³-hybridized carbons (Fsp3) is 0.571. The Bertz CT molecular complexity index is 725. The lowest BCUT2D eigenvalue weighted by Gasteiger charge is -2.23. The molecular formula is C21H36IN5O3. The number of aliphatic imine (C=N–C) groups is 1. The van der Waals surface area contributed by atoms with Crippen molar-refractivity contribution >= 4 is 47.4 Å². The maximum atomic E-state index is 12.1. The molecule has 5 N–H and O–H groups in total. The molecule has 1 rings (SSSR count). The Morgan fingerprint density at radius 1 is 1.10 bits per heavy atom. The minimum absolute atomic E-state index is 0. The van der Waals surface area contributed by atoms with Crippen LogP contribution in [0.1, 0.15) is 48.5 Å². The number of carbonyl (C=O) groups excluding carboxylic acids is 2. The average Bonchev–Trinajstić information content (AvgIpc) is 2.56. The molecule has 0 saturated heterocycles. The van der Waals surface area contributed by atoms with E-state index in [1.165, 1.54) is 0 Å². The number of nitrogens with two attached hydrogens (primary N) is 1. The second-order valence-corrected chi connectivity index (χ2v) is 8.88. The van der Waals surface area contributed by atoms with Gasteiger partial charge in [0.25, 0.3) is 0 Å². The molecule has 0 aromatic heterocycles. The summed E-state index contributed by atoms with van der Waals surface area (Å²) >= 11 is 0. The highest BCUT2D eigenvalue weighted by Gasteiger charge is 2.25. The Morgan fingerprint density at radius 2 is 1.67 bits per heavy atom. The van der Waals surface area contributed by atoms with E-state index < -0.39 is 11.3 Å². The standard InChI is InChI=1S/C21H35N5O3.HI/c1-14(2)29-16-10-8-15(9-11-16)25-19(24-13-21(6,7)18(22)28)23-12-17(27)26-20(3,4)5;/h8-11,14H,12-13H2,1-7H3,(H2,22,28)(H,26,27)(H2,23,24,25);1H. The number of rotatable bonds is 8. The maximum absolute atomic E-state index is 12.1. The number of nitrogens with one attached hydrogen (secondary N) is 3. The van der Waals surface area contributed by atoms with Crippen molar-refractivity contribution < 1.29 is 14.3 Å². The minimum Gasteiger partial charge on any atom is -0.491 e. The lowest BCUT2D eigenvalue weighted by Crippen LogP contribution is -2.45. The highest BCUT2D eigenvalue weighted by atomic mass is 127. The summed E-state index contributed by atoms with van der Waals surface area (Å²) in [5, 5.41) is 9.08. The van der Waals surface area contributed by atoms with Crippen molar-refractivity contribution in [3.05, 3.63) is 24.3 Å². The Balaban J connectivity index is 0.00000841. The van der Waals surface area contributed by atoms with Gasteiger partial charge in [0, 0.05) is 17.8 Å². The fourth-order valence-corrected chi connectivity index (χ4v) is 2.17. The second kappa shape index (κ2) is 12.0. The molecule has 0 bridgehead atoms. The first-order chi connectivity index (χ1) is 13.3. The second-order valence-electron chi connectivity index (χ2n) is 8.88. The summed E-state index contributed by atoms with van der Waals surface area (Å²) in [5.41, 5.74) is 5.09. The molecule has 170 valence electrons. The molecule has 2 amide bonds. The number of hydrogen-bond donors (Lipinski definition) is 4. The molecule has 8 nitrogen and oxygen atoms in total. The highest BCUT2D eigenvalue weighted by Crippen LogP contribution is 2.17. The van der Waals surface area contributed by atoms with Crippen molar-refractivity contribution in [3.8, 4) is 5.75 Å². The van der Waals surface area contributed by atoms with Crippen molar-refractivity contribution in [2.45, 2.75) is 60.1 Å². The topological polar surface area (TPSA) is 118 Å². The van der Waals surface area contributed by atoms with Crippen LogP contribution in [-0.4, -0.2) is 42.5 Å². The Labute approximate surface area is 196 Å². The summed E-state index contributed by atoms with van der Waals surface area (Å²) in [7, 11) is 0. The number of benzene rings is 1. The van der Waals surface area contributed by atoms with E-state index >= 15 is 0 Å². The van der Waals surface area contributed by atoms with E-state index in [0.29, 0.717) is 5.96 Å². The summed E-state index contributed by atoms with van der Waals surface area (Å²) in [4.78, 5) is 28.0. The lowest BCUT2D eigenvalue weighted by molar-refractivity contribution is -0.125. The Kier molecular flexibility index (Phi) is 11.2. The molecule has 1 aromatic carbocycles. The van der Waals surface area contributed by atoms with E-state index in [0.717, 1.165) is 11.4 Å². The van der Waals surface area contributed by atoms with Gasteiger partial charge in [0.05, 0.1) is 11.5 Å². The van der Waals surface area contributed by atoms with E-state index in [1.807, 2.05) is 58.9 Å². The number of guanidine groups is 1. The van der Waals surface area contributed by atoms with E-state index in [1.54, 1.807) is 13.8 Å². The molecule has 0 atom stereocenters. The van der Waals surface area contributed by atoms with Crippen LogP contribution in [-0.2, 0) is 9.59 Å². The zero-order valence-corrected chi connectivity index (χ0v) is 21.3. The maximum Gasteiger partial charge on any atom is 0.242 e. The number of halogens is 1. The zero-order valence-electron chi connectivity index (χ0n) is 19.0. The summed E-state index contributed by atoms with van der Waals surface area (Å²) in [6, 6.07) is 7.39. The molecule has 30 heavy (non-hydrogen) atoms. The number of hydrogen-bond acceptors (Lipinski definition) is 4. The molecule has 0 fully saturated rings. The van der Waals surface area contributed by atoms with E-state index in [-0.39, 0.29) is 54.6 Å². The summed E-state index contributed by atoms with van der Waals surface area (Å²) in [5.74, 6) is 0.510. The van der Waals surface area contributed by atoms with Crippen molar-refractivity contribution in [3.63, 3.8) is 0 Å². The number of primary amides is 1. The van der Waals surface area contributed by atoms with Crippen LogP contribution >= 0.6 is 24.0 Å². The van der Waals surface area contributed by atoms with Crippen molar-refractivity contribution in [2.75, 3.05) is 18.4 Å². The lowest BCUT2D eigenvalue weighted by atomic mass is 9.93. The van der Waals surface area contributed by atoms with Gasteiger partial charge in [0.2, 0.25) is 11.8 Å². The van der Waals surface area contributed by atoms with Crippen molar-refractivity contribution in [1.82, 2.24) is 10.6 Å². The van der Waals surface area contributed by atoms with E-state index in [4.69, 9.17) is 10.5 Å². The monoisotopic (exact) mass is 533 g/mol. The first-order valence-electron chi connectivity index (χ1n) is 9.71. The fourth-order valence-electron chi connectivity index (χ4n) is 2.17. The third kappa shape index (κ3) is 11.2. The third-order valence-corrected chi connectivity index (χ3v) is 3.75. The van der Waals surface area contributed by atoms with Gasteiger partial charge in [0.1, 0.15) is 12.3 Å². The molecule has 0 unspecified atom stereocenters. The largest absolute Gasteiger partial charge is 0.491 e. The number of amides is 2. The van der Waals surface area contributed by atoms with Gasteiger partial charge in [-0.25, -0.2) is 4.99 Å². The van der Waals surface area contributed by atoms with Crippen molar-refractivity contribution in [1.29, 1.82) is 0 Å². The average molecular weight is 533 g/mol. The van der Waals surface area contributed by atoms with Crippen LogP contribution in [0.15, 0.2) is 29.3 Å². The number of anilines is 1. The molecular weight excluding hydrogens is 497 g/mol. The molecule has 0 spiro atoms. The molecule has 0 aliphatic heterocycles. The van der Waals surface area contributed by atoms with E-state index in [9.17, 15) is 9.59 Å². The predicted octanol–water partition coefficient (Wildman–Crippen LogP) is 2.88. The predicted molar refractivity (Wildman–Crippen MR) is 132 cm³/mol. The van der Waals surface area contributed by atoms with Crippen LogP contribution in [0.25, 0.3) is 0 Å². The third-order valence-electron chi connectivity index (χ3n) is 3.75. The van der Waals surface area contributed by atoms with Gasteiger partial charge in [-0.2, -0.15) is 0 Å². The van der Waals surface area contributed by atoms with Crippen LogP contribution < -0.4 is 26.4 Å². The van der Waals surface area contributed by atoms with Gasteiger partial charge >= 0.3 is 0 Å². The smallest absolute Gasteiger partial charge is 0.242 e. The normalized spacial score (nSPS) is 12.1. The van der Waals surface area contributed by atoms with E-state index in [2.05, 4.69) is 20.9 Å². The van der Waals surface area contributed by atoms with Gasteiger partial charge in [0.15, 0.2) is 5.96 Å². The molecule has 9 heteroatoms. The summed E-state index contributed by atoms with van der Waals surface area (Å²) in [6.07, 6.45) is 0.0879. The molecule has 0 radical (unpaired) electrons. The van der Waals surface area contributed by atoms with Crippen LogP contribution in [0.5, 0.6) is 5.75 Å². The molecule has 0 heterocycles. The molecule has 0 saturated carbocycles. The SMILES string of the molecule is CC(C)Oc1ccc(NC(=NCC(=O)NC(C)(C)C)NCC(C)(C)C(N)=O)cc1.I. The highest BCUT2D eigenvalue weighted by molar-refractivity contribution is 14.0.